The van der Waals surface area contributed by atoms with Crippen molar-refractivity contribution in [3.8, 4) is 0 Å². The number of sulfonamides is 1. The van der Waals surface area contributed by atoms with Gasteiger partial charge in [0, 0.05) is 0 Å². The van der Waals surface area contributed by atoms with Crippen LogP contribution in [0.2, 0.25) is 0 Å². The Labute approximate surface area is 156 Å². The number of nitrogens with one attached hydrogen (secondary N) is 2. The van der Waals surface area contributed by atoms with Crippen molar-refractivity contribution in [2.75, 3.05) is 20.1 Å². The van der Waals surface area contributed by atoms with E-state index in [0.717, 1.165) is 49.1 Å². The van der Waals surface area contributed by atoms with E-state index in [2.05, 4.69) is 11.6 Å². The van der Waals surface area contributed by atoms with Crippen molar-refractivity contribution in [2.24, 2.45) is 0 Å². The molecule has 0 radical (unpaired) electrons. The molecule has 0 aromatic heterocycles. The van der Waals surface area contributed by atoms with E-state index >= 15 is 0 Å². The van der Waals surface area contributed by atoms with E-state index in [0.29, 0.717) is 13.0 Å². The second-order valence-electron chi connectivity index (χ2n) is 7.54. The highest BCUT2D eigenvalue weighted by Gasteiger charge is 2.42. The van der Waals surface area contributed by atoms with E-state index in [1.54, 1.807) is 12.1 Å². The molecular formula is C19H31N2O4S+. The molecule has 1 aliphatic heterocycles. The standard InChI is InChI=1S/C19H30N2O4S/c1-3-4-5-7-16-8-10-17(11-9-16)26(24,25)20-19(14-18(22)23)12-6-13-21(2)15-19/h8-11,20H,3-7,12-15H2,1-2H3,(H,22,23)/p+1. The first-order valence-corrected chi connectivity index (χ1v) is 10.9. The lowest BCUT2D eigenvalue weighted by Crippen LogP contribution is -3.13. The van der Waals surface area contributed by atoms with Crippen molar-refractivity contribution in [3.63, 3.8) is 0 Å². The molecule has 0 aliphatic carbocycles. The number of likely N-dealkylation sites (tertiary alicyclic amines) is 1. The molecule has 1 aliphatic rings. The highest BCUT2D eigenvalue weighted by atomic mass is 32.2. The van der Waals surface area contributed by atoms with E-state index in [9.17, 15) is 18.3 Å². The summed E-state index contributed by atoms with van der Waals surface area (Å²) in [6.45, 7) is 3.56. The summed E-state index contributed by atoms with van der Waals surface area (Å²) in [6, 6.07) is 6.95. The Bertz CT molecular complexity index is 703. The molecule has 2 atom stereocenters. The van der Waals surface area contributed by atoms with E-state index in [1.807, 2.05) is 19.2 Å². The van der Waals surface area contributed by atoms with Gasteiger partial charge in [-0.2, -0.15) is 4.72 Å². The average Bonchev–Trinajstić information content (AvgIpc) is 2.54. The van der Waals surface area contributed by atoms with Crippen molar-refractivity contribution >= 4 is 16.0 Å². The van der Waals surface area contributed by atoms with Crippen LogP contribution < -0.4 is 9.62 Å². The number of quaternary nitrogens is 1. The molecule has 0 spiro atoms. The summed E-state index contributed by atoms with van der Waals surface area (Å²) >= 11 is 0. The molecule has 1 aromatic carbocycles. The van der Waals surface area contributed by atoms with E-state index < -0.39 is 21.5 Å². The third-order valence-corrected chi connectivity index (χ3v) is 6.64. The third-order valence-electron chi connectivity index (χ3n) is 5.04. The number of aliphatic carboxylic acids is 1. The van der Waals surface area contributed by atoms with Gasteiger partial charge in [0.15, 0.2) is 0 Å². The molecule has 6 nitrogen and oxygen atoms in total. The number of carboxylic acid groups (broad SMARTS) is 1. The molecule has 26 heavy (non-hydrogen) atoms. The zero-order chi connectivity index (χ0) is 19.2. The highest BCUT2D eigenvalue weighted by Crippen LogP contribution is 2.23. The van der Waals surface area contributed by atoms with Crippen LogP contribution in [0.3, 0.4) is 0 Å². The van der Waals surface area contributed by atoms with Crippen LogP contribution in [0.15, 0.2) is 29.2 Å². The largest absolute Gasteiger partial charge is 0.481 e. The SMILES string of the molecule is CCCCCc1ccc(S(=O)(=O)NC2(CC(=O)O)CCC[NH+](C)C2)cc1. The maximum Gasteiger partial charge on any atom is 0.305 e. The zero-order valence-electron chi connectivity index (χ0n) is 15.8. The third kappa shape index (κ3) is 5.79. The van der Waals surface area contributed by atoms with Crippen LogP contribution in [0.4, 0.5) is 0 Å². The van der Waals surface area contributed by atoms with Crippen LogP contribution >= 0.6 is 0 Å². The molecule has 0 saturated carbocycles. The number of rotatable bonds is 9. The fourth-order valence-corrected chi connectivity index (χ4v) is 5.23. The van der Waals surface area contributed by atoms with Gasteiger partial charge in [-0.25, -0.2) is 8.42 Å². The van der Waals surface area contributed by atoms with Gasteiger partial charge in [-0.3, -0.25) is 4.79 Å². The summed E-state index contributed by atoms with van der Waals surface area (Å²) < 4.78 is 28.4. The predicted molar refractivity (Wildman–Crippen MR) is 101 cm³/mol. The molecule has 1 heterocycles. The second kappa shape index (κ2) is 8.97. The van der Waals surface area contributed by atoms with Gasteiger partial charge in [0.2, 0.25) is 10.0 Å². The summed E-state index contributed by atoms with van der Waals surface area (Å²) in [4.78, 5) is 12.7. The normalized spacial score (nSPS) is 23.7. The fourth-order valence-electron chi connectivity index (χ4n) is 3.80. The van der Waals surface area contributed by atoms with E-state index in [4.69, 9.17) is 0 Å². The smallest absolute Gasteiger partial charge is 0.305 e. The first-order valence-electron chi connectivity index (χ1n) is 9.42. The maximum atomic E-state index is 12.9. The number of unbranched alkanes of at least 4 members (excludes halogenated alkanes) is 2. The number of carboxylic acids is 1. The Morgan fingerprint density at radius 2 is 1.96 bits per heavy atom. The minimum Gasteiger partial charge on any atom is -0.481 e. The lowest BCUT2D eigenvalue weighted by molar-refractivity contribution is -0.889. The average molecular weight is 384 g/mol. The van der Waals surface area contributed by atoms with Crippen LogP contribution in [0, 0.1) is 0 Å². The summed E-state index contributed by atoms with van der Waals surface area (Å²) in [5.74, 6) is -0.978. The Kier molecular flexibility index (Phi) is 7.20. The summed E-state index contributed by atoms with van der Waals surface area (Å²) in [6.07, 6.45) is 5.51. The lowest BCUT2D eigenvalue weighted by atomic mass is 9.87. The van der Waals surface area contributed by atoms with Crippen molar-refractivity contribution in [3.05, 3.63) is 29.8 Å². The number of carbonyl (C=O) groups is 1. The van der Waals surface area contributed by atoms with Gasteiger partial charge in [0.1, 0.15) is 0 Å². The first-order chi connectivity index (χ1) is 12.3. The molecule has 0 bridgehead atoms. The number of benzene rings is 1. The first kappa shape index (κ1) is 20.9. The predicted octanol–water partition coefficient (Wildman–Crippen LogP) is 1.22. The van der Waals surface area contributed by atoms with Gasteiger partial charge in [-0.15, -0.1) is 0 Å². The molecular weight excluding hydrogens is 352 g/mol. The summed E-state index contributed by atoms with van der Waals surface area (Å²) in [5.41, 5.74) is 0.201. The minimum absolute atomic E-state index is 0.196. The number of aryl methyl sites for hydroxylation is 1. The quantitative estimate of drug-likeness (QED) is 0.560. The molecule has 3 N–H and O–H groups in total. The van der Waals surface area contributed by atoms with Gasteiger partial charge in [-0.05, 0) is 43.4 Å². The van der Waals surface area contributed by atoms with Crippen LogP contribution in [-0.2, 0) is 21.2 Å². The Balaban J connectivity index is 2.15. The van der Waals surface area contributed by atoms with Crippen LogP contribution in [0.5, 0.6) is 0 Å². The topological polar surface area (TPSA) is 87.9 Å². The summed E-state index contributed by atoms with van der Waals surface area (Å²) in [7, 11) is -1.79. The van der Waals surface area contributed by atoms with Crippen molar-refractivity contribution in [1.29, 1.82) is 0 Å². The number of hydrogen-bond donors (Lipinski definition) is 3. The number of piperidine rings is 1. The van der Waals surface area contributed by atoms with Gasteiger partial charge in [0.05, 0.1) is 37.0 Å². The molecule has 7 heteroatoms. The fraction of sp³-hybridized carbons (Fsp3) is 0.632. The van der Waals surface area contributed by atoms with Crippen LogP contribution in [0.25, 0.3) is 0 Å². The molecule has 2 unspecified atom stereocenters. The second-order valence-corrected chi connectivity index (χ2v) is 9.23. The number of likely N-dealkylation sites (N-methyl/N-ethyl adjacent to an activating group) is 1. The van der Waals surface area contributed by atoms with Crippen LogP contribution in [-0.4, -0.2) is 45.2 Å². The van der Waals surface area contributed by atoms with Crippen molar-refractivity contribution in [2.45, 2.75) is 62.3 Å². The van der Waals surface area contributed by atoms with E-state index in [-0.39, 0.29) is 11.3 Å². The molecule has 0 amide bonds. The molecule has 146 valence electrons. The van der Waals surface area contributed by atoms with Crippen LogP contribution in [0.1, 0.15) is 51.0 Å². The van der Waals surface area contributed by atoms with Gasteiger partial charge in [0.25, 0.3) is 0 Å². The Morgan fingerprint density at radius 1 is 1.27 bits per heavy atom. The van der Waals surface area contributed by atoms with Gasteiger partial charge < -0.3 is 10.0 Å². The molecule has 1 fully saturated rings. The minimum atomic E-state index is -3.76. The summed E-state index contributed by atoms with van der Waals surface area (Å²) in [5, 5.41) is 9.28. The van der Waals surface area contributed by atoms with E-state index in [1.165, 1.54) is 0 Å². The van der Waals surface area contributed by atoms with Gasteiger partial charge in [-0.1, -0.05) is 31.9 Å². The van der Waals surface area contributed by atoms with Crippen molar-refractivity contribution < 1.29 is 23.2 Å². The molecule has 1 saturated heterocycles. The lowest BCUT2D eigenvalue weighted by Gasteiger charge is -2.38. The Hall–Kier alpha value is -1.44. The maximum absolute atomic E-state index is 12.9. The Morgan fingerprint density at radius 3 is 2.54 bits per heavy atom. The molecule has 1 aromatic rings. The van der Waals surface area contributed by atoms with Crippen molar-refractivity contribution in [1.82, 2.24) is 4.72 Å². The monoisotopic (exact) mass is 383 g/mol. The number of hydrogen-bond acceptors (Lipinski definition) is 3. The highest BCUT2D eigenvalue weighted by molar-refractivity contribution is 7.89. The van der Waals surface area contributed by atoms with Gasteiger partial charge >= 0.3 is 5.97 Å². The molecule has 2 rings (SSSR count). The zero-order valence-corrected chi connectivity index (χ0v) is 16.6.